The second-order valence-corrected chi connectivity index (χ2v) is 4.86. The maximum absolute atomic E-state index is 10.9. The topological polar surface area (TPSA) is 98.3 Å². The number of carboxylic acid groups (broad SMARTS) is 1. The third-order valence-electron chi connectivity index (χ3n) is 3.39. The first-order valence-electron chi connectivity index (χ1n) is 6.33. The van der Waals surface area contributed by atoms with Crippen LogP contribution < -0.4 is 0 Å². The zero-order valence-electron chi connectivity index (χ0n) is 12.0. The molecule has 1 aromatic heterocycles. The highest BCUT2D eigenvalue weighted by molar-refractivity contribution is 5.71. The van der Waals surface area contributed by atoms with Crippen LogP contribution in [0.25, 0.3) is 5.69 Å². The second-order valence-electron chi connectivity index (χ2n) is 4.86. The molecule has 0 atom stereocenters. The summed E-state index contributed by atoms with van der Waals surface area (Å²) in [7, 11) is 0. The molecule has 0 saturated carbocycles. The average molecular weight is 289 g/mol. The van der Waals surface area contributed by atoms with E-state index in [0.717, 1.165) is 5.69 Å². The van der Waals surface area contributed by atoms with Gasteiger partial charge in [0.25, 0.3) is 5.69 Å². The first-order valence-corrected chi connectivity index (χ1v) is 6.33. The molecule has 21 heavy (non-hydrogen) atoms. The Morgan fingerprint density at radius 1 is 1.38 bits per heavy atom. The molecule has 0 spiro atoms. The van der Waals surface area contributed by atoms with Crippen molar-refractivity contribution in [3.8, 4) is 5.69 Å². The number of benzene rings is 1. The summed E-state index contributed by atoms with van der Waals surface area (Å²) in [4.78, 5) is 21.2. The van der Waals surface area contributed by atoms with E-state index in [0.29, 0.717) is 22.5 Å². The smallest absolute Gasteiger partial charge is 0.307 e. The van der Waals surface area contributed by atoms with Crippen molar-refractivity contribution in [3.05, 3.63) is 50.8 Å². The van der Waals surface area contributed by atoms with Crippen LogP contribution in [0, 0.1) is 30.9 Å². The molecule has 1 aromatic carbocycles. The number of carboxylic acids is 1. The van der Waals surface area contributed by atoms with Crippen LogP contribution in [-0.2, 0) is 11.2 Å². The number of nitro benzene ring substituents is 1. The van der Waals surface area contributed by atoms with E-state index in [-0.39, 0.29) is 12.1 Å². The van der Waals surface area contributed by atoms with Gasteiger partial charge in [0, 0.05) is 23.4 Å². The molecule has 0 unspecified atom stereocenters. The van der Waals surface area contributed by atoms with Crippen LogP contribution in [0.4, 0.5) is 5.69 Å². The maximum Gasteiger partial charge on any atom is 0.307 e. The molecule has 2 rings (SSSR count). The summed E-state index contributed by atoms with van der Waals surface area (Å²) in [5, 5.41) is 24.1. The van der Waals surface area contributed by atoms with Crippen LogP contribution >= 0.6 is 0 Å². The minimum absolute atomic E-state index is 0.0172. The Morgan fingerprint density at radius 3 is 2.57 bits per heavy atom. The molecule has 7 heteroatoms. The SMILES string of the molecule is Cc1cc([N+](=O)[O-])ccc1-n1nc(C)c(CC(=O)O)c1C. The number of non-ortho nitro benzene ring substituents is 1. The van der Waals surface area contributed by atoms with Crippen molar-refractivity contribution in [1.29, 1.82) is 0 Å². The lowest BCUT2D eigenvalue weighted by atomic mass is 10.1. The molecular formula is C14H15N3O4. The number of aliphatic carboxylic acids is 1. The Bertz CT molecular complexity index is 734. The highest BCUT2D eigenvalue weighted by Gasteiger charge is 2.17. The van der Waals surface area contributed by atoms with E-state index in [4.69, 9.17) is 5.11 Å². The number of hydrogen-bond donors (Lipinski definition) is 1. The second kappa shape index (κ2) is 5.35. The van der Waals surface area contributed by atoms with Crippen LogP contribution in [0.2, 0.25) is 0 Å². The number of aromatic nitrogens is 2. The summed E-state index contributed by atoms with van der Waals surface area (Å²) in [5.41, 5.74) is 3.47. The molecule has 0 aliphatic heterocycles. The van der Waals surface area contributed by atoms with E-state index in [1.165, 1.54) is 12.1 Å². The van der Waals surface area contributed by atoms with Gasteiger partial charge in [-0.2, -0.15) is 5.10 Å². The van der Waals surface area contributed by atoms with E-state index in [1.54, 1.807) is 31.5 Å². The van der Waals surface area contributed by atoms with Gasteiger partial charge in [-0.05, 0) is 32.4 Å². The molecule has 7 nitrogen and oxygen atoms in total. The van der Waals surface area contributed by atoms with Crippen molar-refractivity contribution in [3.63, 3.8) is 0 Å². The highest BCUT2D eigenvalue weighted by Crippen LogP contribution is 2.24. The fourth-order valence-corrected chi connectivity index (χ4v) is 2.31. The number of carbonyl (C=O) groups is 1. The summed E-state index contributed by atoms with van der Waals surface area (Å²) in [6.45, 7) is 5.30. The van der Waals surface area contributed by atoms with Crippen LogP contribution in [0.3, 0.4) is 0 Å². The summed E-state index contributed by atoms with van der Waals surface area (Å²) < 4.78 is 1.63. The quantitative estimate of drug-likeness (QED) is 0.688. The van der Waals surface area contributed by atoms with Crippen LogP contribution in [0.15, 0.2) is 18.2 Å². The zero-order chi connectivity index (χ0) is 15.7. The lowest BCUT2D eigenvalue weighted by molar-refractivity contribution is -0.384. The first-order chi connectivity index (χ1) is 9.81. The molecule has 110 valence electrons. The lowest BCUT2D eigenvalue weighted by Crippen LogP contribution is -2.05. The Kier molecular flexibility index (Phi) is 3.75. The Balaban J connectivity index is 2.53. The summed E-state index contributed by atoms with van der Waals surface area (Å²) in [6, 6.07) is 4.51. The summed E-state index contributed by atoms with van der Waals surface area (Å²) in [5.74, 6) is -0.916. The van der Waals surface area contributed by atoms with Crippen LogP contribution in [0.5, 0.6) is 0 Å². The average Bonchev–Trinajstić information content (AvgIpc) is 2.66. The number of rotatable bonds is 4. The van der Waals surface area contributed by atoms with Gasteiger partial charge in [0.05, 0.1) is 22.7 Å². The van der Waals surface area contributed by atoms with Gasteiger partial charge in [0.15, 0.2) is 0 Å². The fourth-order valence-electron chi connectivity index (χ4n) is 2.31. The van der Waals surface area contributed by atoms with E-state index >= 15 is 0 Å². The highest BCUT2D eigenvalue weighted by atomic mass is 16.6. The largest absolute Gasteiger partial charge is 0.481 e. The molecule has 0 fully saturated rings. The number of nitrogens with zero attached hydrogens (tertiary/aromatic N) is 3. The van der Waals surface area contributed by atoms with Gasteiger partial charge in [-0.25, -0.2) is 4.68 Å². The molecule has 0 aliphatic rings. The molecule has 0 radical (unpaired) electrons. The number of hydrogen-bond acceptors (Lipinski definition) is 4. The summed E-state index contributed by atoms with van der Waals surface area (Å²) in [6.07, 6.45) is -0.0936. The molecule has 2 aromatic rings. The Hall–Kier alpha value is -2.70. The van der Waals surface area contributed by atoms with Crippen molar-refractivity contribution in [1.82, 2.24) is 9.78 Å². The molecule has 1 heterocycles. The maximum atomic E-state index is 10.9. The van der Waals surface area contributed by atoms with Gasteiger partial charge >= 0.3 is 5.97 Å². The molecule has 0 bridgehead atoms. The standard InChI is InChI=1S/C14H15N3O4/c1-8-6-11(17(20)21)4-5-13(8)16-10(3)12(7-14(18)19)9(2)15-16/h4-6H,7H2,1-3H3,(H,18,19). The Morgan fingerprint density at radius 2 is 2.05 bits per heavy atom. The van der Waals surface area contributed by atoms with Crippen LogP contribution in [0.1, 0.15) is 22.5 Å². The summed E-state index contributed by atoms with van der Waals surface area (Å²) >= 11 is 0. The fraction of sp³-hybridized carbons (Fsp3) is 0.286. The van der Waals surface area contributed by atoms with Gasteiger partial charge in [-0.3, -0.25) is 14.9 Å². The van der Waals surface area contributed by atoms with Crippen molar-refractivity contribution in [2.45, 2.75) is 27.2 Å². The first kappa shape index (κ1) is 14.7. The van der Waals surface area contributed by atoms with Crippen molar-refractivity contribution < 1.29 is 14.8 Å². The monoisotopic (exact) mass is 289 g/mol. The minimum Gasteiger partial charge on any atom is -0.481 e. The van der Waals surface area contributed by atoms with Gasteiger partial charge in [-0.1, -0.05) is 0 Å². The van der Waals surface area contributed by atoms with E-state index < -0.39 is 10.9 Å². The molecule has 0 amide bonds. The zero-order valence-corrected chi connectivity index (χ0v) is 12.0. The molecular weight excluding hydrogens is 274 g/mol. The normalized spacial score (nSPS) is 10.6. The predicted molar refractivity (Wildman–Crippen MR) is 75.8 cm³/mol. The lowest BCUT2D eigenvalue weighted by Gasteiger charge is -2.08. The third-order valence-corrected chi connectivity index (χ3v) is 3.39. The molecule has 1 N–H and O–H groups in total. The Labute approximate surface area is 121 Å². The van der Waals surface area contributed by atoms with E-state index in [2.05, 4.69) is 5.10 Å². The predicted octanol–water partition coefficient (Wildman–Crippen LogP) is 2.33. The van der Waals surface area contributed by atoms with Gasteiger partial charge in [-0.15, -0.1) is 0 Å². The van der Waals surface area contributed by atoms with Gasteiger partial charge in [0.1, 0.15) is 0 Å². The third kappa shape index (κ3) is 2.76. The van der Waals surface area contributed by atoms with Gasteiger partial charge in [0.2, 0.25) is 0 Å². The van der Waals surface area contributed by atoms with Gasteiger partial charge < -0.3 is 5.11 Å². The molecule has 0 saturated heterocycles. The van der Waals surface area contributed by atoms with Crippen molar-refractivity contribution >= 4 is 11.7 Å². The minimum atomic E-state index is -0.916. The van der Waals surface area contributed by atoms with E-state index in [1.807, 2.05) is 0 Å². The number of aryl methyl sites for hydroxylation is 2. The van der Waals surface area contributed by atoms with E-state index in [9.17, 15) is 14.9 Å². The number of nitro groups is 1. The van der Waals surface area contributed by atoms with Crippen molar-refractivity contribution in [2.75, 3.05) is 0 Å². The molecule has 0 aliphatic carbocycles. The van der Waals surface area contributed by atoms with Crippen LogP contribution in [-0.4, -0.2) is 25.8 Å². The van der Waals surface area contributed by atoms with Crippen molar-refractivity contribution in [2.24, 2.45) is 0 Å².